The van der Waals surface area contributed by atoms with Gasteiger partial charge in [-0.1, -0.05) is 38.5 Å². The summed E-state index contributed by atoms with van der Waals surface area (Å²) in [7, 11) is 1.99. The summed E-state index contributed by atoms with van der Waals surface area (Å²) in [6.45, 7) is 5.44. The van der Waals surface area contributed by atoms with Gasteiger partial charge in [0.15, 0.2) is 0 Å². The van der Waals surface area contributed by atoms with Gasteiger partial charge in [-0.15, -0.1) is 0 Å². The molecular weight excluding hydrogens is 170 g/mol. The lowest BCUT2D eigenvalue weighted by Gasteiger charge is -2.09. The van der Waals surface area contributed by atoms with Crippen molar-refractivity contribution < 1.29 is 0 Å². The van der Waals surface area contributed by atoms with E-state index in [2.05, 4.69) is 37.4 Å². The second kappa shape index (κ2) is 5.82. The van der Waals surface area contributed by atoms with Crippen LogP contribution in [0.3, 0.4) is 0 Å². The molecule has 0 spiro atoms. The highest BCUT2D eigenvalue weighted by Crippen LogP contribution is 2.14. The van der Waals surface area contributed by atoms with E-state index in [4.69, 9.17) is 0 Å². The highest BCUT2D eigenvalue weighted by Gasteiger charge is 2.01. The van der Waals surface area contributed by atoms with E-state index in [0.717, 1.165) is 13.0 Å². The lowest BCUT2D eigenvalue weighted by atomic mass is 9.98. The maximum atomic E-state index is 3.19. The summed E-state index contributed by atoms with van der Waals surface area (Å²) in [4.78, 5) is 0. The van der Waals surface area contributed by atoms with E-state index in [-0.39, 0.29) is 0 Å². The topological polar surface area (TPSA) is 12.0 Å². The summed E-state index contributed by atoms with van der Waals surface area (Å²) in [5, 5.41) is 3.19. The van der Waals surface area contributed by atoms with Gasteiger partial charge in [0.2, 0.25) is 0 Å². The van der Waals surface area contributed by atoms with Crippen molar-refractivity contribution in [3.8, 4) is 0 Å². The molecule has 0 saturated carbocycles. The number of rotatable bonds is 5. The Morgan fingerprint density at radius 2 is 1.93 bits per heavy atom. The van der Waals surface area contributed by atoms with Gasteiger partial charge in [0.05, 0.1) is 0 Å². The lowest BCUT2D eigenvalue weighted by Crippen LogP contribution is -2.06. The molecule has 0 amide bonds. The molecular formula is C13H21N. The molecule has 0 fully saturated rings. The van der Waals surface area contributed by atoms with Crippen LogP contribution in [0.15, 0.2) is 18.2 Å². The van der Waals surface area contributed by atoms with Crippen molar-refractivity contribution in [1.82, 2.24) is 5.32 Å². The zero-order chi connectivity index (χ0) is 10.4. The highest BCUT2D eigenvalue weighted by molar-refractivity contribution is 5.32. The van der Waals surface area contributed by atoms with Crippen LogP contribution in [0.25, 0.3) is 0 Å². The lowest BCUT2D eigenvalue weighted by molar-refractivity contribution is 0.812. The minimum atomic E-state index is 0.972. The molecule has 1 rings (SSSR count). The number of aryl methyl sites for hydroxylation is 2. The molecule has 0 bridgehead atoms. The van der Waals surface area contributed by atoms with Gasteiger partial charge in [0.25, 0.3) is 0 Å². The molecule has 1 aromatic carbocycles. The Balaban J connectivity index is 2.87. The van der Waals surface area contributed by atoms with E-state index in [0.29, 0.717) is 0 Å². The molecule has 0 unspecified atom stereocenters. The third-order valence-corrected chi connectivity index (χ3v) is 2.55. The smallest absolute Gasteiger partial charge is 0.0202 e. The molecule has 0 saturated heterocycles. The molecule has 0 aliphatic heterocycles. The Kier molecular flexibility index (Phi) is 4.68. The van der Waals surface area contributed by atoms with Crippen molar-refractivity contribution in [2.24, 2.45) is 0 Å². The van der Waals surface area contributed by atoms with Gasteiger partial charge in [-0.3, -0.25) is 0 Å². The van der Waals surface area contributed by atoms with Gasteiger partial charge in [-0.25, -0.2) is 0 Å². The molecule has 0 aliphatic rings. The third-order valence-electron chi connectivity index (χ3n) is 2.55. The number of nitrogens with one attached hydrogen (secondary N) is 1. The predicted molar refractivity (Wildman–Crippen MR) is 62.6 cm³/mol. The van der Waals surface area contributed by atoms with Crippen molar-refractivity contribution in [3.63, 3.8) is 0 Å². The Morgan fingerprint density at radius 3 is 2.50 bits per heavy atom. The SMILES string of the molecule is CCCc1ccc(CNC)cc1CC. The van der Waals surface area contributed by atoms with Crippen LogP contribution in [0, 0.1) is 0 Å². The highest BCUT2D eigenvalue weighted by atomic mass is 14.8. The average Bonchev–Trinajstić information content (AvgIpc) is 2.21. The number of hydrogen-bond donors (Lipinski definition) is 1. The van der Waals surface area contributed by atoms with Crippen molar-refractivity contribution in [3.05, 3.63) is 34.9 Å². The van der Waals surface area contributed by atoms with Gasteiger partial charge >= 0.3 is 0 Å². The molecule has 1 heteroatoms. The first kappa shape index (κ1) is 11.3. The Bertz CT molecular complexity index is 279. The molecule has 1 aromatic rings. The van der Waals surface area contributed by atoms with Gasteiger partial charge in [-0.05, 0) is 36.6 Å². The first-order valence-electron chi connectivity index (χ1n) is 5.57. The molecule has 0 aliphatic carbocycles. The number of benzene rings is 1. The second-order valence-electron chi connectivity index (χ2n) is 3.74. The predicted octanol–water partition coefficient (Wildman–Crippen LogP) is 2.92. The first-order valence-corrected chi connectivity index (χ1v) is 5.57. The zero-order valence-corrected chi connectivity index (χ0v) is 9.56. The molecule has 0 radical (unpaired) electrons. The maximum absolute atomic E-state index is 3.19. The minimum Gasteiger partial charge on any atom is -0.316 e. The quantitative estimate of drug-likeness (QED) is 0.754. The molecule has 78 valence electrons. The van der Waals surface area contributed by atoms with Crippen LogP contribution in [-0.2, 0) is 19.4 Å². The largest absolute Gasteiger partial charge is 0.316 e. The minimum absolute atomic E-state index is 0.972. The molecule has 0 heterocycles. The first-order chi connectivity index (χ1) is 6.81. The van der Waals surface area contributed by atoms with Crippen LogP contribution in [-0.4, -0.2) is 7.05 Å². The van der Waals surface area contributed by atoms with Gasteiger partial charge in [0, 0.05) is 6.54 Å². The Labute approximate surface area is 87.5 Å². The molecule has 1 nitrogen and oxygen atoms in total. The fourth-order valence-electron chi connectivity index (χ4n) is 1.84. The molecule has 14 heavy (non-hydrogen) atoms. The van der Waals surface area contributed by atoms with E-state index >= 15 is 0 Å². The standard InChI is InChI=1S/C13H21N/c1-4-6-13-8-7-11(10-14-3)9-12(13)5-2/h7-9,14H,4-6,10H2,1-3H3. The molecule has 0 aromatic heterocycles. The summed E-state index contributed by atoms with van der Waals surface area (Å²) in [6.07, 6.45) is 3.59. The maximum Gasteiger partial charge on any atom is 0.0202 e. The average molecular weight is 191 g/mol. The van der Waals surface area contributed by atoms with Gasteiger partial charge in [0.1, 0.15) is 0 Å². The van der Waals surface area contributed by atoms with Crippen molar-refractivity contribution in [2.45, 2.75) is 39.7 Å². The summed E-state index contributed by atoms with van der Waals surface area (Å²) < 4.78 is 0. The van der Waals surface area contributed by atoms with Crippen LogP contribution in [0.1, 0.15) is 37.0 Å². The summed E-state index contributed by atoms with van der Waals surface area (Å²) >= 11 is 0. The number of hydrogen-bond acceptors (Lipinski definition) is 1. The summed E-state index contributed by atoms with van der Waals surface area (Å²) in [5.41, 5.74) is 4.43. The third kappa shape index (κ3) is 2.85. The monoisotopic (exact) mass is 191 g/mol. The normalized spacial score (nSPS) is 10.5. The van der Waals surface area contributed by atoms with Crippen LogP contribution < -0.4 is 5.32 Å². The zero-order valence-electron chi connectivity index (χ0n) is 9.56. The van der Waals surface area contributed by atoms with E-state index in [1.165, 1.54) is 29.5 Å². The van der Waals surface area contributed by atoms with Crippen LogP contribution in [0.2, 0.25) is 0 Å². The Hall–Kier alpha value is -0.820. The molecule has 1 N–H and O–H groups in total. The van der Waals surface area contributed by atoms with E-state index < -0.39 is 0 Å². The van der Waals surface area contributed by atoms with Crippen molar-refractivity contribution >= 4 is 0 Å². The van der Waals surface area contributed by atoms with Crippen LogP contribution in [0.5, 0.6) is 0 Å². The fraction of sp³-hybridized carbons (Fsp3) is 0.538. The van der Waals surface area contributed by atoms with Crippen LogP contribution >= 0.6 is 0 Å². The van der Waals surface area contributed by atoms with E-state index in [9.17, 15) is 0 Å². The van der Waals surface area contributed by atoms with E-state index in [1.807, 2.05) is 7.05 Å². The van der Waals surface area contributed by atoms with Gasteiger partial charge in [-0.2, -0.15) is 0 Å². The Morgan fingerprint density at radius 1 is 1.14 bits per heavy atom. The van der Waals surface area contributed by atoms with Crippen molar-refractivity contribution in [2.75, 3.05) is 7.05 Å². The second-order valence-corrected chi connectivity index (χ2v) is 3.74. The van der Waals surface area contributed by atoms with E-state index in [1.54, 1.807) is 0 Å². The van der Waals surface area contributed by atoms with Crippen LogP contribution in [0.4, 0.5) is 0 Å². The van der Waals surface area contributed by atoms with Crippen molar-refractivity contribution in [1.29, 1.82) is 0 Å². The summed E-state index contributed by atoms with van der Waals surface area (Å²) in [6, 6.07) is 6.86. The summed E-state index contributed by atoms with van der Waals surface area (Å²) in [5.74, 6) is 0. The fourth-order valence-corrected chi connectivity index (χ4v) is 1.84. The molecule has 0 atom stereocenters. The van der Waals surface area contributed by atoms with Gasteiger partial charge < -0.3 is 5.32 Å².